The molecule has 0 saturated carbocycles. The molecule has 1 amide bonds. The van der Waals surface area contributed by atoms with E-state index in [9.17, 15) is 14.9 Å². The largest absolute Gasteiger partial charge is 0.369 e. The van der Waals surface area contributed by atoms with E-state index in [2.05, 4.69) is 17.1 Å². The molecule has 1 aliphatic heterocycles. The van der Waals surface area contributed by atoms with Gasteiger partial charge in [-0.05, 0) is 61.4 Å². The molecule has 0 atom stereocenters. The van der Waals surface area contributed by atoms with Crippen LogP contribution in [0.25, 0.3) is 6.08 Å². The van der Waals surface area contributed by atoms with Gasteiger partial charge in [-0.15, -0.1) is 0 Å². The second-order valence-corrected chi connectivity index (χ2v) is 9.61. The van der Waals surface area contributed by atoms with Crippen LogP contribution < -0.4 is 9.80 Å². The van der Waals surface area contributed by atoms with Crippen molar-refractivity contribution in [3.05, 3.63) is 104 Å². The lowest BCUT2D eigenvalue weighted by Gasteiger charge is -2.23. The average Bonchev–Trinajstić information content (AvgIpc) is 3.25. The van der Waals surface area contributed by atoms with Gasteiger partial charge in [0.2, 0.25) is 0 Å². The molecule has 1 heterocycles. The first-order valence-electron chi connectivity index (χ1n) is 12.5. The predicted molar refractivity (Wildman–Crippen MR) is 155 cm³/mol. The van der Waals surface area contributed by atoms with E-state index in [-0.39, 0.29) is 27.8 Å². The summed E-state index contributed by atoms with van der Waals surface area (Å²) in [7, 11) is 0. The van der Waals surface area contributed by atoms with Gasteiger partial charge in [0, 0.05) is 36.5 Å². The zero-order valence-corrected chi connectivity index (χ0v) is 22.7. The quantitative estimate of drug-likeness (QED) is 0.173. The number of amidine groups is 1. The molecule has 200 valence electrons. The predicted octanol–water partition coefficient (Wildman–Crippen LogP) is 6.33. The molecule has 0 fully saturated rings. The number of amides is 1. The van der Waals surface area contributed by atoms with E-state index in [4.69, 9.17) is 22.1 Å². The Balaban J connectivity index is 1.78. The molecule has 0 aliphatic carbocycles. The van der Waals surface area contributed by atoms with Gasteiger partial charge < -0.3 is 4.90 Å². The molecule has 10 heteroatoms. The number of rotatable bonds is 9. The number of non-ortho nitro benzene ring substituents is 1. The summed E-state index contributed by atoms with van der Waals surface area (Å²) >= 11 is 6.45. The second-order valence-electron chi connectivity index (χ2n) is 9.21. The molecule has 40 heavy (non-hydrogen) atoms. The summed E-state index contributed by atoms with van der Waals surface area (Å²) in [6, 6.07) is 21.3. The monoisotopic (exact) mass is 552 g/mol. The first kappa shape index (κ1) is 28.0. The van der Waals surface area contributed by atoms with Crippen molar-refractivity contribution in [2.45, 2.75) is 26.7 Å². The number of carbonyl (C=O) groups excluding carboxylic acids is 1. The van der Waals surface area contributed by atoms with Gasteiger partial charge >= 0.3 is 0 Å². The third-order valence-electron chi connectivity index (χ3n) is 6.45. The molecular formula is C30H25ClN6O3. The van der Waals surface area contributed by atoms with Gasteiger partial charge in [-0.3, -0.25) is 19.8 Å². The molecule has 0 N–H and O–H groups in total. The number of hydrogen-bond acceptors (Lipinski definition) is 7. The normalized spacial score (nSPS) is 13.6. The van der Waals surface area contributed by atoms with E-state index < -0.39 is 10.8 Å². The van der Waals surface area contributed by atoms with E-state index in [0.29, 0.717) is 31.6 Å². The van der Waals surface area contributed by atoms with Gasteiger partial charge in [0.05, 0.1) is 40.6 Å². The van der Waals surface area contributed by atoms with Crippen LogP contribution >= 0.6 is 11.6 Å². The fourth-order valence-electron chi connectivity index (χ4n) is 4.33. The molecular weight excluding hydrogens is 528 g/mol. The molecule has 1 aliphatic rings. The molecule has 3 aromatic rings. The maximum Gasteiger partial charge on any atom is 0.282 e. The molecule has 9 nitrogen and oxygen atoms in total. The van der Waals surface area contributed by atoms with Crippen molar-refractivity contribution < 1.29 is 9.72 Å². The topological polar surface area (TPSA) is 127 Å². The zero-order valence-electron chi connectivity index (χ0n) is 22.0. The highest BCUT2D eigenvalue weighted by molar-refractivity contribution is 6.39. The summed E-state index contributed by atoms with van der Waals surface area (Å²) in [5, 5.41) is 29.7. The number of carbonyl (C=O) groups is 1. The third-order valence-corrected chi connectivity index (χ3v) is 6.78. The van der Waals surface area contributed by atoms with Crippen molar-refractivity contribution in [3.8, 4) is 12.1 Å². The summed E-state index contributed by atoms with van der Waals surface area (Å²) in [6.07, 6.45) is 2.34. The summed E-state index contributed by atoms with van der Waals surface area (Å²) in [5.74, 6) is -0.197. The summed E-state index contributed by atoms with van der Waals surface area (Å²) in [5.41, 5.74) is 4.31. The number of nitro groups is 1. The van der Waals surface area contributed by atoms with Crippen LogP contribution in [0, 0.1) is 46.6 Å². The van der Waals surface area contributed by atoms with Crippen LogP contribution in [-0.2, 0) is 4.79 Å². The molecule has 0 aromatic heterocycles. The molecule has 0 radical (unpaired) electrons. The van der Waals surface area contributed by atoms with Gasteiger partial charge in [-0.1, -0.05) is 35.4 Å². The number of aryl methyl sites for hydroxylation is 2. The van der Waals surface area contributed by atoms with E-state index in [1.54, 1.807) is 18.2 Å². The first-order valence-corrected chi connectivity index (χ1v) is 12.9. The maximum atomic E-state index is 13.7. The summed E-state index contributed by atoms with van der Waals surface area (Å²) < 4.78 is 0. The van der Waals surface area contributed by atoms with Crippen molar-refractivity contribution in [3.63, 3.8) is 0 Å². The van der Waals surface area contributed by atoms with Crippen LogP contribution in [0.5, 0.6) is 0 Å². The number of halogens is 1. The van der Waals surface area contributed by atoms with Crippen molar-refractivity contribution in [1.29, 1.82) is 10.5 Å². The highest BCUT2D eigenvalue weighted by Gasteiger charge is 2.34. The number of nitrogens with zero attached hydrogens (tertiary/aromatic N) is 6. The van der Waals surface area contributed by atoms with Crippen LogP contribution in [0.1, 0.15) is 35.1 Å². The van der Waals surface area contributed by atoms with Crippen LogP contribution in [0.2, 0.25) is 5.02 Å². The molecule has 0 unspecified atom stereocenters. The van der Waals surface area contributed by atoms with E-state index in [0.717, 1.165) is 22.4 Å². The van der Waals surface area contributed by atoms with Gasteiger partial charge in [-0.25, -0.2) is 4.99 Å². The van der Waals surface area contributed by atoms with E-state index in [1.807, 2.05) is 49.1 Å². The highest BCUT2D eigenvalue weighted by atomic mass is 35.5. The number of nitro benzene ring substituents is 1. The number of aliphatic imine (C=N–C) groups is 1. The van der Waals surface area contributed by atoms with Crippen molar-refractivity contribution >= 4 is 46.5 Å². The minimum atomic E-state index is -0.522. The number of benzene rings is 3. The second kappa shape index (κ2) is 12.2. The van der Waals surface area contributed by atoms with Crippen LogP contribution in [0.15, 0.2) is 71.4 Å². The molecule has 4 rings (SSSR count). The van der Waals surface area contributed by atoms with Crippen LogP contribution in [-0.4, -0.2) is 29.8 Å². The standard InChI is InChI=1S/C30H25ClN6O3/c1-20-5-8-23(9-6-20)36-29(26-19-25(37(39)40)11-12-27(26)31)34-28(30(36)38)18-22-7-10-24(17-21(22)2)35(15-3-13-32)16-4-14-33/h5-12,17-19H,3-4,15-16H2,1-2H3/b28-18-. The lowest BCUT2D eigenvalue weighted by atomic mass is 10.1. The SMILES string of the molecule is Cc1ccc(N2C(=O)/C(=C/c3ccc(N(CCC#N)CCC#N)cc3C)N=C2c2cc([N+](=O)[O-])ccc2Cl)cc1. The Bertz CT molecular complexity index is 1600. The van der Waals surface area contributed by atoms with Gasteiger partial charge in [0.25, 0.3) is 11.6 Å². The Morgan fingerprint density at radius 3 is 2.30 bits per heavy atom. The summed E-state index contributed by atoms with van der Waals surface area (Å²) in [6.45, 7) is 4.84. The molecule has 0 saturated heterocycles. The highest BCUT2D eigenvalue weighted by Crippen LogP contribution is 2.33. The average molecular weight is 553 g/mol. The Morgan fingerprint density at radius 2 is 1.70 bits per heavy atom. The Morgan fingerprint density at radius 1 is 1.02 bits per heavy atom. The van der Waals surface area contributed by atoms with E-state index in [1.165, 1.54) is 23.1 Å². The summed E-state index contributed by atoms with van der Waals surface area (Å²) in [4.78, 5) is 32.7. The van der Waals surface area contributed by atoms with Crippen LogP contribution in [0.4, 0.5) is 17.1 Å². The maximum absolute atomic E-state index is 13.7. The lowest BCUT2D eigenvalue weighted by molar-refractivity contribution is -0.384. The fraction of sp³-hybridized carbons (Fsp3) is 0.200. The minimum Gasteiger partial charge on any atom is -0.369 e. The zero-order chi connectivity index (χ0) is 28.8. The smallest absolute Gasteiger partial charge is 0.282 e. The van der Waals surface area contributed by atoms with Gasteiger partial charge in [0.15, 0.2) is 0 Å². The van der Waals surface area contributed by atoms with Crippen LogP contribution in [0.3, 0.4) is 0 Å². The van der Waals surface area contributed by atoms with E-state index >= 15 is 0 Å². The first-order chi connectivity index (χ1) is 19.2. The lowest BCUT2D eigenvalue weighted by Crippen LogP contribution is -2.32. The Labute approximate surface area is 237 Å². The van der Waals surface area contributed by atoms with Crippen molar-refractivity contribution in [2.75, 3.05) is 22.9 Å². The minimum absolute atomic E-state index is 0.153. The van der Waals surface area contributed by atoms with Crippen molar-refractivity contribution in [2.24, 2.45) is 4.99 Å². The van der Waals surface area contributed by atoms with Gasteiger partial charge in [-0.2, -0.15) is 10.5 Å². The molecule has 3 aromatic carbocycles. The number of nitriles is 2. The number of hydrogen-bond donors (Lipinski definition) is 0. The van der Waals surface area contributed by atoms with Crippen molar-refractivity contribution in [1.82, 2.24) is 0 Å². The molecule has 0 spiro atoms. The number of anilines is 2. The Kier molecular flexibility index (Phi) is 8.58. The Hall–Kier alpha value is -4.99. The van der Waals surface area contributed by atoms with Gasteiger partial charge in [0.1, 0.15) is 11.5 Å². The fourth-order valence-corrected chi connectivity index (χ4v) is 4.54. The molecule has 0 bridgehead atoms. The third kappa shape index (κ3) is 6.01.